The number of carbonyl (C=O) groups is 1. The number of thiophene rings is 1. The van der Waals surface area contributed by atoms with Gasteiger partial charge in [0.25, 0.3) is 5.91 Å². The molecule has 3 heterocycles. The van der Waals surface area contributed by atoms with E-state index in [9.17, 15) is 4.79 Å². The lowest BCUT2D eigenvalue weighted by atomic mass is 10.1. The monoisotopic (exact) mass is 330 g/mol. The molecule has 0 saturated heterocycles. The summed E-state index contributed by atoms with van der Waals surface area (Å²) >= 11 is 7.08. The molecule has 3 aromatic heterocycles. The Kier molecular flexibility index (Phi) is 4.41. The predicted molar refractivity (Wildman–Crippen MR) is 85.8 cm³/mol. The molecule has 0 spiro atoms. The number of rotatable bonds is 4. The molecule has 0 atom stereocenters. The van der Waals surface area contributed by atoms with Crippen LogP contribution >= 0.6 is 22.9 Å². The molecule has 0 fully saturated rings. The highest BCUT2D eigenvalue weighted by Crippen LogP contribution is 2.22. The van der Waals surface area contributed by atoms with Crippen molar-refractivity contribution >= 4 is 28.8 Å². The third-order valence-corrected chi connectivity index (χ3v) is 4.15. The Morgan fingerprint density at radius 2 is 2.05 bits per heavy atom. The van der Waals surface area contributed by atoms with Crippen molar-refractivity contribution in [3.05, 3.63) is 64.0 Å². The third kappa shape index (κ3) is 3.29. The molecule has 1 N–H and O–H groups in total. The minimum Gasteiger partial charge on any atom is -0.346 e. The van der Waals surface area contributed by atoms with Crippen molar-refractivity contribution in [3.8, 4) is 11.3 Å². The molecule has 0 aliphatic carbocycles. The van der Waals surface area contributed by atoms with Crippen LogP contribution < -0.4 is 5.32 Å². The standard InChI is InChI=1S/C15H11ClN4OS/c16-13-4-3-12(22-13)15(21)20-9-11-14(19-7-6-18-11)10-2-1-5-17-8-10/h1-8H,9H2,(H,20,21). The van der Waals surface area contributed by atoms with E-state index in [0.29, 0.717) is 20.6 Å². The van der Waals surface area contributed by atoms with Crippen LogP contribution in [0.2, 0.25) is 4.34 Å². The van der Waals surface area contributed by atoms with Crippen molar-refractivity contribution in [1.29, 1.82) is 0 Å². The van der Waals surface area contributed by atoms with Gasteiger partial charge in [-0.1, -0.05) is 11.6 Å². The summed E-state index contributed by atoms with van der Waals surface area (Å²) in [5, 5.41) is 2.83. The Hall–Kier alpha value is -2.31. The molecule has 0 saturated carbocycles. The third-order valence-electron chi connectivity index (χ3n) is 2.92. The quantitative estimate of drug-likeness (QED) is 0.797. The van der Waals surface area contributed by atoms with E-state index in [1.54, 1.807) is 36.9 Å². The molecule has 3 aromatic rings. The smallest absolute Gasteiger partial charge is 0.261 e. The number of carbonyl (C=O) groups excluding carboxylic acids is 1. The fourth-order valence-corrected chi connectivity index (χ4v) is 2.89. The van der Waals surface area contributed by atoms with Crippen molar-refractivity contribution in [2.24, 2.45) is 0 Å². The molecule has 22 heavy (non-hydrogen) atoms. The van der Waals surface area contributed by atoms with Crippen molar-refractivity contribution in [2.45, 2.75) is 6.54 Å². The number of amides is 1. The SMILES string of the molecule is O=C(NCc1nccnc1-c1cccnc1)c1ccc(Cl)s1. The topological polar surface area (TPSA) is 67.8 Å². The Bertz CT molecular complexity index is 791. The van der Waals surface area contributed by atoms with E-state index < -0.39 is 0 Å². The van der Waals surface area contributed by atoms with E-state index in [2.05, 4.69) is 20.3 Å². The first-order chi connectivity index (χ1) is 10.7. The minimum atomic E-state index is -0.181. The molecule has 0 unspecified atom stereocenters. The van der Waals surface area contributed by atoms with Crippen LogP contribution in [0.1, 0.15) is 15.4 Å². The summed E-state index contributed by atoms with van der Waals surface area (Å²) in [5.41, 5.74) is 2.26. The van der Waals surface area contributed by atoms with Gasteiger partial charge in [0.05, 0.1) is 27.1 Å². The zero-order valence-corrected chi connectivity index (χ0v) is 12.9. The van der Waals surface area contributed by atoms with E-state index >= 15 is 0 Å². The van der Waals surface area contributed by atoms with Gasteiger partial charge in [0, 0.05) is 30.4 Å². The summed E-state index contributed by atoms with van der Waals surface area (Å²) in [6.07, 6.45) is 6.63. The predicted octanol–water partition coefficient (Wildman–Crippen LogP) is 3.18. The van der Waals surface area contributed by atoms with Gasteiger partial charge in [-0.05, 0) is 24.3 Å². The maximum Gasteiger partial charge on any atom is 0.261 e. The fraction of sp³-hybridized carbons (Fsp3) is 0.0667. The van der Waals surface area contributed by atoms with Gasteiger partial charge in [-0.2, -0.15) is 0 Å². The number of hydrogen-bond donors (Lipinski definition) is 1. The highest BCUT2D eigenvalue weighted by Gasteiger charge is 2.12. The summed E-state index contributed by atoms with van der Waals surface area (Å²) in [7, 11) is 0. The Morgan fingerprint density at radius 3 is 2.77 bits per heavy atom. The molecular weight excluding hydrogens is 320 g/mol. The lowest BCUT2D eigenvalue weighted by Crippen LogP contribution is -2.23. The van der Waals surface area contributed by atoms with Gasteiger partial charge in [0.15, 0.2) is 0 Å². The van der Waals surface area contributed by atoms with Crippen LogP contribution in [-0.4, -0.2) is 20.9 Å². The first-order valence-electron chi connectivity index (χ1n) is 6.48. The lowest BCUT2D eigenvalue weighted by molar-refractivity contribution is 0.0954. The first kappa shape index (κ1) is 14.6. The normalized spacial score (nSPS) is 10.4. The Morgan fingerprint density at radius 1 is 1.18 bits per heavy atom. The largest absolute Gasteiger partial charge is 0.346 e. The van der Waals surface area contributed by atoms with E-state index in [0.717, 1.165) is 5.56 Å². The van der Waals surface area contributed by atoms with Crippen LogP contribution in [0.3, 0.4) is 0 Å². The maximum absolute atomic E-state index is 12.1. The highest BCUT2D eigenvalue weighted by molar-refractivity contribution is 7.17. The molecular formula is C15H11ClN4OS. The van der Waals surface area contributed by atoms with Gasteiger partial charge in [-0.25, -0.2) is 0 Å². The zero-order chi connectivity index (χ0) is 15.4. The van der Waals surface area contributed by atoms with Crippen molar-refractivity contribution < 1.29 is 4.79 Å². The summed E-state index contributed by atoms with van der Waals surface area (Å²) in [5.74, 6) is -0.181. The summed E-state index contributed by atoms with van der Waals surface area (Å²) in [6, 6.07) is 7.13. The number of halogens is 1. The van der Waals surface area contributed by atoms with Crippen LogP contribution in [0, 0.1) is 0 Å². The number of aromatic nitrogens is 3. The summed E-state index contributed by atoms with van der Waals surface area (Å²) < 4.78 is 0.584. The fourth-order valence-electron chi connectivity index (χ4n) is 1.93. The second-order valence-corrected chi connectivity index (χ2v) is 6.09. The van der Waals surface area contributed by atoms with Crippen LogP contribution in [0.5, 0.6) is 0 Å². The molecule has 0 aliphatic rings. The van der Waals surface area contributed by atoms with Crippen LogP contribution in [0.4, 0.5) is 0 Å². The lowest BCUT2D eigenvalue weighted by Gasteiger charge is -2.08. The molecule has 3 rings (SSSR count). The highest BCUT2D eigenvalue weighted by atomic mass is 35.5. The van der Waals surface area contributed by atoms with Gasteiger partial charge >= 0.3 is 0 Å². The van der Waals surface area contributed by atoms with Crippen molar-refractivity contribution in [2.75, 3.05) is 0 Å². The first-order valence-corrected chi connectivity index (χ1v) is 7.67. The van der Waals surface area contributed by atoms with Crippen molar-refractivity contribution in [3.63, 3.8) is 0 Å². The molecule has 7 heteroatoms. The van der Waals surface area contributed by atoms with Gasteiger partial charge in [-0.3, -0.25) is 19.7 Å². The molecule has 5 nitrogen and oxygen atoms in total. The molecule has 0 bridgehead atoms. The number of pyridine rings is 1. The van der Waals surface area contributed by atoms with Crippen LogP contribution in [0.25, 0.3) is 11.3 Å². The number of nitrogens with zero attached hydrogens (tertiary/aromatic N) is 3. The van der Waals surface area contributed by atoms with E-state index in [4.69, 9.17) is 11.6 Å². The number of hydrogen-bond acceptors (Lipinski definition) is 5. The van der Waals surface area contributed by atoms with Gasteiger partial charge in [-0.15, -0.1) is 11.3 Å². The molecule has 0 aromatic carbocycles. The number of nitrogens with one attached hydrogen (secondary N) is 1. The van der Waals surface area contributed by atoms with Gasteiger partial charge in [0.1, 0.15) is 0 Å². The second kappa shape index (κ2) is 6.64. The zero-order valence-electron chi connectivity index (χ0n) is 11.4. The van der Waals surface area contributed by atoms with Crippen LogP contribution in [0.15, 0.2) is 49.1 Å². The maximum atomic E-state index is 12.1. The molecule has 0 aliphatic heterocycles. The Balaban J connectivity index is 1.77. The van der Waals surface area contributed by atoms with Crippen molar-refractivity contribution in [1.82, 2.24) is 20.3 Å². The van der Waals surface area contributed by atoms with E-state index in [1.807, 2.05) is 12.1 Å². The van der Waals surface area contributed by atoms with E-state index in [-0.39, 0.29) is 12.5 Å². The van der Waals surface area contributed by atoms with Gasteiger partial charge in [0.2, 0.25) is 0 Å². The summed E-state index contributed by atoms with van der Waals surface area (Å²) in [6.45, 7) is 0.284. The average Bonchev–Trinajstić information content (AvgIpc) is 3.00. The molecule has 1 amide bonds. The minimum absolute atomic E-state index is 0.181. The van der Waals surface area contributed by atoms with Gasteiger partial charge < -0.3 is 5.32 Å². The van der Waals surface area contributed by atoms with E-state index in [1.165, 1.54) is 11.3 Å². The van der Waals surface area contributed by atoms with Crippen LogP contribution in [-0.2, 0) is 6.54 Å². The molecule has 110 valence electrons. The average molecular weight is 331 g/mol. The summed E-state index contributed by atoms with van der Waals surface area (Å²) in [4.78, 5) is 25.3. The molecule has 0 radical (unpaired) electrons. The Labute approximate surface area is 136 Å². The second-order valence-electron chi connectivity index (χ2n) is 4.38.